The van der Waals surface area contributed by atoms with Gasteiger partial charge in [-0.2, -0.15) is 0 Å². The molecule has 1 aromatic carbocycles. The van der Waals surface area contributed by atoms with E-state index in [0.717, 1.165) is 24.8 Å². The lowest BCUT2D eigenvalue weighted by molar-refractivity contribution is 0.119. The SMILES string of the molecule is CCCCN(C)C(=NC)NCc1ccccc1OC1CCC1.I. The second-order valence-electron chi connectivity index (χ2n) is 5.95. The first-order valence-electron chi connectivity index (χ1n) is 8.41. The van der Waals surface area contributed by atoms with Crippen molar-refractivity contribution in [3.05, 3.63) is 29.8 Å². The maximum Gasteiger partial charge on any atom is 0.193 e. The van der Waals surface area contributed by atoms with Crippen molar-refractivity contribution in [1.29, 1.82) is 0 Å². The van der Waals surface area contributed by atoms with Gasteiger partial charge >= 0.3 is 0 Å². The maximum absolute atomic E-state index is 6.08. The molecule has 0 unspecified atom stereocenters. The maximum atomic E-state index is 6.08. The molecule has 1 aliphatic carbocycles. The van der Waals surface area contributed by atoms with Crippen LogP contribution < -0.4 is 10.1 Å². The zero-order valence-corrected chi connectivity index (χ0v) is 16.9. The van der Waals surface area contributed by atoms with E-state index in [2.05, 4.69) is 47.4 Å². The molecule has 1 fully saturated rings. The third-order valence-corrected chi connectivity index (χ3v) is 4.18. The van der Waals surface area contributed by atoms with Crippen LogP contribution in [0.25, 0.3) is 0 Å². The largest absolute Gasteiger partial charge is 0.490 e. The fraction of sp³-hybridized carbons (Fsp3) is 0.611. The van der Waals surface area contributed by atoms with E-state index in [4.69, 9.17) is 4.74 Å². The molecular weight excluding hydrogens is 401 g/mol. The lowest BCUT2D eigenvalue weighted by Crippen LogP contribution is -2.39. The highest BCUT2D eigenvalue weighted by Crippen LogP contribution is 2.27. The molecular formula is C18H30IN3O. The molecule has 0 amide bonds. The Hall–Kier alpha value is -0.980. The van der Waals surface area contributed by atoms with E-state index in [1.54, 1.807) is 0 Å². The van der Waals surface area contributed by atoms with Gasteiger partial charge in [0.15, 0.2) is 5.96 Å². The van der Waals surface area contributed by atoms with E-state index >= 15 is 0 Å². The van der Waals surface area contributed by atoms with E-state index in [0.29, 0.717) is 6.10 Å². The van der Waals surface area contributed by atoms with Crippen molar-refractivity contribution in [2.24, 2.45) is 4.99 Å². The van der Waals surface area contributed by atoms with Crippen LogP contribution in [0.2, 0.25) is 0 Å². The molecule has 1 aliphatic rings. The van der Waals surface area contributed by atoms with Crippen LogP contribution in [-0.2, 0) is 6.54 Å². The molecule has 0 aromatic heterocycles. The fourth-order valence-electron chi connectivity index (χ4n) is 2.49. The summed E-state index contributed by atoms with van der Waals surface area (Å²) in [5.41, 5.74) is 1.19. The number of para-hydroxylation sites is 1. The minimum Gasteiger partial charge on any atom is -0.490 e. The molecule has 0 bridgehead atoms. The van der Waals surface area contributed by atoms with Gasteiger partial charge in [0.05, 0.1) is 6.10 Å². The number of rotatable bonds is 7. The minimum absolute atomic E-state index is 0. The van der Waals surface area contributed by atoms with Gasteiger partial charge in [-0.25, -0.2) is 0 Å². The van der Waals surface area contributed by atoms with E-state index in [9.17, 15) is 0 Å². The summed E-state index contributed by atoms with van der Waals surface area (Å²) < 4.78 is 6.08. The summed E-state index contributed by atoms with van der Waals surface area (Å²) in [6, 6.07) is 8.30. The number of guanidine groups is 1. The van der Waals surface area contributed by atoms with Gasteiger partial charge in [-0.3, -0.25) is 4.99 Å². The van der Waals surface area contributed by atoms with Gasteiger partial charge in [0.2, 0.25) is 0 Å². The summed E-state index contributed by atoms with van der Waals surface area (Å²) in [6.07, 6.45) is 6.44. The van der Waals surface area contributed by atoms with Gasteiger partial charge in [0, 0.05) is 32.7 Å². The predicted octanol–water partition coefficient (Wildman–Crippen LogP) is 4.04. The van der Waals surface area contributed by atoms with Crippen molar-refractivity contribution in [2.45, 2.75) is 51.7 Å². The van der Waals surface area contributed by atoms with Gasteiger partial charge in [0.1, 0.15) is 5.75 Å². The average Bonchev–Trinajstić information content (AvgIpc) is 2.50. The van der Waals surface area contributed by atoms with Crippen LogP contribution in [0.5, 0.6) is 5.75 Å². The normalized spacial score (nSPS) is 14.7. The van der Waals surface area contributed by atoms with Gasteiger partial charge in [0.25, 0.3) is 0 Å². The number of halogens is 1. The van der Waals surface area contributed by atoms with Crippen molar-refractivity contribution in [3.8, 4) is 5.75 Å². The third kappa shape index (κ3) is 6.20. The summed E-state index contributed by atoms with van der Waals surface area (Å²) in [7, 11) is 3.92. The minimum atomic E-state index is 0. The van der Waals surface area contributed by atoms with E-state index in [1.807, 2.05) is 13.1 Å². The molecule has 0 radical (unpaired) electrons. The molecule has 0 heterocycles. The summed E-state index contributed by atoms with van der Waals surface area (Å²) in [6.45, 7) is 3.97. The molecule has 1 aromatic rings. The second-order valence-corrected chi connectivity index (χ2v) is 5.95. The Kier molecular flexibility index (Phi) is 9.36. The van der Waals surface area contributed by atoms with Crippen LogP contribution in [0.4, 0.5) is 0 Å². The first kappa shape index (κ1) is 20.1. The molecule has 0 aliphatic heterocycles. The highest BCUT2D eigenvalue weighted by Gasteiger charge is 2.20. The molecule has 1 N–H and O–H groups in total. The first-order valence-corrected chi connectivity index (χ1v) is 8.41. The fourth-order valence-corrected chi connectivity index (χ4v) is 2.49. The summed E-state index contributed by atoms with van der Waals surface area (Å²) >= 11 is 0. The highest BCUT2D eigenvalue weighted by molar-refractivity contribution is 14.0. The van der Waals surface area contributed by atoms with Crippen LogP contribution in [0.15, 0.2) is 29.3 Å². The number of aliphatic imine (C=N–C) groups is 1. The predicted molar refractivity (Wildman–Crippen MR) is 108 cm³/mol. The number of nitrogens with one attached hydrogen (secondary N) is 1. The molecule has 0 saturated heterocycles. The van der Waals surface area contributed by atoms with Gasteiger partial charge in [-0.1, -0.05) is 31.5 Å². The van der Waals surface area contributed by atoms with Crippen LogP contribution >= 0.6 is 24.0 Å². The van der Waals surface area contributed by atoms with E-state index in [-0.39, 0.29) is 24.0 Å². The van der Waals surface area contributed by atoms with E-state index in [1.165, 1.54) is 37.7 Å². The van der Waals surface area contributed by atoms with Crippen LogP contribution in [0.3, 0.4) is 0 Å². The molecule has 4 nitrogen and oxygen atoms in total. The van der Waals surface area contributed by atoms with Gasteiger partial charge in [-0.15, -0.1) is 24.0 Å². The molecule has 23 heavy (non-hydrogen) atoms. The number of unbranched alkanes of at least 4 members (excludes halogenated alkanes) is 1. The van der Waals surface area contributed by atoms with Gasteiger partial charge in [-0.05, 0) is 31.7 Å². The van der Waals surface area contributed by atoms with Crippen molar-refractivity contribution < 1.29 is 4.74 Å². The number of hydrogen-bond acceptors (Lipinski definition) is 2. The Balaban J connectivity index is 0.00000264. The second kappa shape index (κ2) is 10.7. The van der Waals surface area contributed by atoms with Crippen molar-refractivity contribution >= 4 is 29.9 Å². The number of benzene rings is 1. The smallest absolute Gasteiger partial charge is 0.193 e. The molecule has 0 atom stereocenters. The highest BCUT2D eigenvalue weighted by atomic mass is 127. The Morgan fingerprint density at radius 3 is 2.70 bits per heavy atom. The van der Waals surface area contributed by atoms with Crippen molar-refractivity contribution in [2.75, 3.05) is 20.6 Å². The summed E-state index contributed by atoms with van der Waals surface area (Å²) in [5, 5.41) is 3.44. The van der Waals surface area contributed by atoms with Crippen LogP contribution in [0.1, 0.15) is 44.6 Å². The lowest BCUT2D eigenvalue weighted by atomic mass is 9.96. The molecule has 2 rings (SSSR count). The molecule has 130 valence electrons. The molecule has 1 saturated carbocycles. The quantitative estimate of drug-likeness (QED) is 0.402. The summed E-state index contributed by atoms with van der Waals surface area (Å²) in [5.74, 6) is 1.94. The van der Waals surface area contributed by atoms with Crippen LogP contribution in [0, 0.1) is 0 Å². The summed E-state index contributed by atoms with van der Waals surface area (Å²) in [4.78, 5) is 6.54. The van der Waals surface area contributed by atoms with E-state index < -0.39 is 0 Å². The third-order valence-electron chi connectivity index (χ3n) is 4.18. The topological polar surface area (TPSA) is 36.9 Å². The standard InChI is InChI=1S/C18H29N3O.HI/c1-4-5-13-21(3)18(19-2)20-14-15-9-6-7-12-17(15)22-16-10-8-11-16;/h6-7,9,12,16H,4-5,8,10-11,13-14H2,1-3H3,(H,19,20);1H. The van der Waals surface area contributed by atoms with Crippen molar-refractivity contribution in [3.63, 3.8) is 0 Å². The Morgan fingerprint density at radius 2 is 2.09 bits per heavy atom. The molecule has 5 heteroatoms. The number of nitrogens with zero attached hydrogens (tertiary/aromatic N) is 2. The lowest BCUT2D eigenvalue weighted by Gasteiger charge is -2.28. The van der Waals surface area contributed by atoms with Crippen LogP contribution in [-0.4, -0.2) is 37.6 Å². The first-order chi connectivity index (χ1) is 10.7. The van der Waals surface area contributed by atoms with Gasteiger partial charge < -0.3 is 15.0 Å². The van der Waals surface area contributed by atoms with Crippen molar-refractivity contribution in [1.82, 2.24) is 10.2 Å². The Labute approximate surface area is 157 Å². The Morgan fingerprint density at radius 1 is 1.35 bits per heavy atom. The number of ether oxygens (including phenoxy) is 1. The number of hydrogen-bond donors (Lipinski definition) is 1. The zero-order chi connectivity index (χ0) is 15.8. The molecule has 0 spiro atoms. The zero-order valence-electron chi connectivity index (χ0n) is 14.5. The monoisotopic (exact) mass is 431 g/mol. The average molecular weight is 431 g/mol. The Bertz CT molecular complexity index is 489.